The minimum Gasteiger partial charge on any atom is -0.420 e. The van der Waals surface area contributed by atoms with E-state index in [-0.39, 0.29) is 17.9 Å². The highest BCUT2D eigenvalue weighted by Gasteiger charge is 2.41. The Balaban J connectivity index is 1.74. The van der Waals surface area contributed by atoms with Crippen molar-refractivity contribution in [3.05, 3.63) is 65.4 Å². The van der Waals surface area contributed by atoms with E-state index in [9.17, 15) is 27.9 Å². The number of amides is 1. The number of primary amides is 1. The minimum atomic E-state index is -5.11. The van der Waals surface area contributed by atoms with E-state index in [0.29, 0.717) is 40.3 Å². The molecule has 0 aliphatic heterocycles. The highest BCUT2D eigenvalue weighted by atomic mass is 19.4. The van der Waals surface area contributed by atoms with E-state index in [2.05, 4.69) is 25.0 Å². The Morgan fingerprint density at radius 2 is 1.89 bits per heavy atom. The Morgan fingerprint density at radius 3 is 2.50 bits per heavy atom. The number of hydrogen-bond donors (Lipinski definition) is 4. The third-order valence-corrected chi connectivity index (χ3v) is 5.41. The smallest absolute Gasteiger partial charge is 0.420 e. The number of ether oxygens (including phenoxy) is 1. The number of aliphatic hydroxyl groups excluding tert-OH is 1. The van der Waals surface area contributed by atoms with Gasteiger partial charge in [0.25, 0.3) is 5.91 Å². The molecule has 0 saturated heterocycles. The number of pyridine rings is 1. The molecule has 2 heterocycles. The SMILES string of the molecule is CCc1c(CO)cccc1Nc1c(C(N)=O)cnc2[nH]c(-c3ccc(OC(=O)C(F)(F)F)cc3)nc12. The van der Waals surface area contributed by atoms with Crippen LogP contribution in [0.5, 0.6) is 5.75 Å². The molecule has 186 valence electrons. The van der Waals surface area contributed by atoms with Crippen LogP contribution in [0.2, 0.25) is 0 Å². The van der Waals surface area contributed by atoms with Crippen molar-refractivity contribution in [2.45, 2.75) is 26.1 Å². The first kappa shape index (κ1) is 24.7. The van der Waals surface area contributed by atoms with Gasteiger partial charge < -0.3 is 25.9 Å². The largest absolute Gasteiger partial charge is 0.491 e. The fraction of sp³-hybridized carbons (Fsp3) is 0.167. The lowest BCUT2D eigenvalue weighted by Crippen LogP contribution is -2.27. The van der Waals surface area contributed by atoms with E-state index in [1.807, 2.05) is 6.92 Å². The molecule has 4 aromatic rings. The van der Waals surface area contributed by atoms with Gasteiger partial charge in [-0.1, -0.05) is 19.1 Å². The number of fused-ring (bicyclic) bond motifs is 1. The maximum absolute atomic E-state index is 12.4. The Labute approximate surface area is 202 Å². The first-order valence-corrected chi connectivity index (χ1v) is 10.7. The van der Waals surface area contributed by atoms with Gasteiger partial charge in [0.2, 0.25) is 0 Å². The number of anilines is 2. The monoisotopic (exact) mass is 499 g/mol. The molecule has 2 aromatic carbocycles. The normalized spacial score (nSPS) is 11.5. The molecule has 36 heavy (non-hydrogen) atoms. The van der Waals surface area contributed by atoms with Crippen molar-refractivity contribution >= 4 is 34.4 Å². The highest BCUT2D eigenvalue weighted by Crippen LogP contribution is 2.33. The molecule has 0 saturated carbocycles. The Morgan fingerprint density at radius 1 is 1.17 bits per heavy atom. The van der Waals surface area contributed by atoms with Gasteiger partial charge >= 0.3 is 12.1 Å². The van der Waals surface area contributed by atoms with Crippen LogP contribution in [0.3, 0.4) is 0 Å². The predicted octanol–water partition coefficient (Wildman–Crippen LogP) is 3.99. The van der Waals surface area contributed by atoms with Gasteiger partial charge in [-0.3, -0.25) is 4.79 Å². The molecule has 1 amide bonds. The zero-order valence-corrected chi connectivity index (χ0v) is 18.8. The number of nitrogens with zero attached hydrogens (tertiary/aromatic N) is 2. The molecule has 0 spiro atoms. The Kier molecular flexibility index (Phi) is 6.62. The minimum absolute atomic E-state index is 0.0893. The lowest BCUT2D eigenvalue weighted by Gasteiger charge is -2.16. The summed E-state index contributed by atoms with van der Waals surface area (Å²) in [7, 11) is 0. The van der Waals surface area contributed by atoms with E-state index in [1.165, 1.54) is 30.5 Å². The van der Waals surface area contributed by atoms with Crippen LogP contribution in [0.25, 0.3) is 22.6 Å². The third-order valence-electron chi connectivity index (χ3n) is 5.41. The van der Waals surface area contributed by atoms with Crippen LogP contribution in [0.15, 0.2) is 48.7 Å². The zero-order valence-electron chi connectivity index (χ0n) is 18.8. The molecule has 0 radical (unpaired) electrons. The second-order valence-electron chi connectivity index (χ2n) is 7.69. The van der Waals surface area contributed by atoms with Crippen LogP contribution in [-0.4, -0.2) is 38.1 Å². The number of aromatic amines is 1. The van der Waals surface area contributed by atoms with Crippen molar-refractivity contribution in [1.82, 2.24) is 15.0 Å². The van der Waals surface area contributed by atoms with Gasteiger partial charge in [0.05, 0.1) is 17.9 Å². The molecule has 2 aromatic heterocycles. The highest BCUT2D eigenvalue weighted by molar-refractivity contribution is 6.06. The number of halogens is 3. The summed E-state index contributed by atoms with van der Waals surface area (Å²) in [5.74, 6) is -3.04. The van der Waals surface area contributed by atoms with Crippen molar-refractivity contribution < 1.29 is 32.6 Å². The summed E-state index contributed by atoms with van der Waals surface area (Å²) >= 11 is 0. The Hall–Kier alpha value is -4.45. The second-order valence-corrected chi connectivity index (χ2v) is 7.69. The number of aliphatic hydroxyl groups is 1. The number of H-pyrrole nitrogens is 1. The fourth-order valence-electron chi connectivity index (χ4n) is 3.70. The second kappa shape index (κ2) is 9.66. The molecular weight excluding hydrogens is 479 g/mol. The first-order chi connectivity index (χ1) is 17.1. The van der Waals surface area contributed by atoms with Crippen LogP contribution >= 0.6 is 0 Å². The third kappa shape index (κ3) is 4.84. The van der Waals surface area contributed by atoms with Crippen LogP contribution < -0.4 is 15.8 Å². The molecule has 0 bridgehead atoms. The molecule has 0 aliphatic carbocycles. The molecule has 0 aliphatic rings. The van der Waals surface area contributed by atoms with E-state index in [0.717, 1.165) is 11.1 Å². The number of aromatic nitrogens is 3. The molecule has 9 nitrogen and oxygen atoms in total. The number of nitrogens with two attached hydrogens (primary N) is 1. The van der Waals surface area contributed by atoms with Crippen LogP contribution in [0.4, 0.5) is 24.5 Å². The van der Waals surface area contributed by atoms with Gasteiger partial charge in [0.1, 0.15) is 17.1 Å². The van der Waals surface area contributed by atoms with Gasteiger partial charge in [0.15, 0.2) is 5.65 Å². The Bertz CT molecular complexity index is 1450. The number of esters is 1. The molecule has 12 heteroatoms. The van der Waals surface area contributed by atoms with Crippen molar-refractivity contribution in [2.24, 2.45) is 5.73 Å². The van der Waals surface area contributed by atoms with Gasteiger partial charge in [-0.15, -0.1) is 0 Å². The van der Waals surface area contributed by atoms with E-state index < -0.39 is 18.1 Å². The van der Waals surface area contributed by atoms with E-state index in [1.54, 1.807) is 18.2 Å². The van der Waals surface area contributed by atoms with E-state index in [4.69, 9.17) is 5.73 Å². The maximum Gasteiger partial charge on any atom is 0.491 e. The van der Waals surface area contributed by atoms with Crippen LogP contribution in [0, 0.1) is 0 Å². The quantitative estimate of drug-likeness (QED) is 0.222. The number of rotatable bonds is 7. The molecule has 0 fully saturated rings. The average Bonchev–Trinajstić information content (AvgIpc) is 3.28. The number of carbonyl (C=O) groups excluding carboxylic acids is 2. The van der Waals surface area contributed by atoms with Crippen molar-refractivity contribution in [3.63, 3.8) is 0 Å². The van der Waals surface area contributed by atoms with E-state index >= 15 is 0 Å². The van der Waals surface area contributed by atoms with Crippen molar-refractivity contribution in [3.8, 4) is 17.1 Å². The molecule has 5 N–H and O–H groups in total. The molecule has 0 unspecified atom stereocenters. The topological polar surface area (TPSA) is 143 Å². The summed E-state index contributed by atoms with van der Waals surface area (Å²) in [4.78, 5) is 34.9. The summed E-state index contributed by atoms with van der Waals surface area (Å²) in [5, 5.41) is 12.9. The first-order valence-electron chi connectivity index (χ1n) is 10.7. The summed E-state index contributed by atoms with van der Waals surface area (Å²) in [6.07, 6.45) is -3.20. The van der Waals surface area contributed by atoms with Crippen LogP contribution in [0.1, 0.15) is 28.4 Å². The van der Waals surface area contributed by atoms with Crippen molar-refractivity contribution in [2.75, 3.05) is 5.32 Å². The summed E-state index contributed by atoms with van der Waals surface area (Å²) in [5.41, 5.74) is 9.27. The fourth-order valence-corrected chi connectivity index (χ4v) is 3.70. The van der Waals surface area contributed by atoms with Gasteiger partial charge in [0, 0.05) is 17.4 Å². The van der Waals surface area contributed by atoms with Crippen molar-refractivity contribution in [1.29, 1.82) is 0 Å². The summed E-state index contributed by atoms with van der Waals surface area (Å²) in [6.45, 7) is 1.77. The molecular formula is C24H20F3N5O4. The van der Waals surface area contributed by atoms with Gasteiger partial charge in [-0.25, -0.2) is 14.8 Å². The maximum atomic E-state index is 12.4. The number of imidazole rings is 1. The zero-order chi connectivity index (χ0) is 26.0. The summed E-state index contributed by atoms with van der Waals surface area (Å²) in [6, 6.07) is 10.6. The average molecular weight is 499 g/mol. The lowest BCUT2D eigenvalue weighted by atomic mass is 10.0. The predicted molar refractivity (Wildman–Crippen MR) is 125 cm³/mol. The number of nitrogens with one attached hydrogen (secondary N) is 2. The molecule has 4 rings (SSSR count). The number of hydrogen-bond acceptors (Lipinski definition) is 7. The molecule has 0 atom stereocenters. The standard InChI is InChI=1S/C24H20F3N5O4/c1-2-15-13(11-33)4-3-5-17(15)30-18-16(20(28)34)10-29-22-19(18)31-21(32-22)12-6-8-14(9-7-12)36-23(35)24(25,26)27/h3-10,33H,2,11H2,1H3,(H2,28,34)(H2,29,30,31,32). The van der Waals surface area contributed by atoms with Gasteiger partial charge in [-0.05, 0) is 47.9 Å². The van der Waals surface area contributed by atoms with Gasteiger partial charge in [-0.2, -0.15) is 13.2 Å². The van der Waals surface area contributed by atoms with Crippen LogP contribution in [-0.2, 0) is 17.8 Å². The number of carbonyl (C=O) groups is 2. The lowest BCUT2D eigenvalue weighted by molar-refractivity contribution is -0.189. The number of benzene rings is 2. The summed E-state index contributed by atoms with van der Waals surface area (Å²) < 4.78 is 41.6. The number of alkyl halides is 3.